The highest BCUT2D eigenvalue weighted by Crippen LogP contribution is 2.27. The molecule has 156 valence electrons. The SMILES string of the molecule is COCC(=O)N1CCN(c2nc(C(C)C)nc(C)c2Cc2ccc(C)cc2)CC1. The van der Waals surface area contributed by atoms with Crippen LogP contribution in [-0.4, -0.2) is 60.7 Å². The highest BCUT2D eigenvalue weighted by atomic mass is 16.5. The zero-order valence-electron chi connectivity index (χ0n) is 18.2. The number of rotatable bonds is 6. The number of piperazine rings is 1. The molecule has 3 rings (SSSR count). The van der Waals surface area contributed by atoms with Crippen LogP contribution in [0.4, 0.5) is 5.82 Å². The number of ether oxygens (including phenoxy) is 1. The molecule has 2 aromatic rings. The Morgan fingerprint density at radius 1 is 1.07 bits per heavy atom. The van der Waals surface area contributed by atoms with Gasteiger partial charge in [-0.3, -0.25) is 4.79 Å². The number of aromatic nitrogens is 2. The standard InChI is InChI=1S/C23H32N4O2/c1-16(2)22-24-18(4)20(14-19-8-6-17(3)7-9-19)23(25-22)27-12-10-26(11-13-27)21(28)15-29-5/h6-9,16H,10-15H2,1-5H3. The summed E-state index contributed by atoms with van der Waals surface area (Å²) in [5, 5.41) is 0. The quantitative estimate of drug-likeness (QED) is 0.751. The van der Waals surface area contributed by atoms with Gasteiger partial charge >= 0.3 is 0 Å². The zero-order chi connectivity index (χ0) is 21.0. The molecule has 1 amide bonds. The first-order valence-corrected chi connectivity index (χ1v) is 10.3. The fourth-order valence-corrected chi connectivity index (χ4v) is 3.62. The minimum atomic E-state index is 0.0498. The van der Waals surface area contributed by atoms with Gasteiger partial charge in [0.1, 0.15) is 18.2 Å². The molecule has 1 saturated heterocycles. The third-order valence-electron chi connectivity index (χ3n) is 5.43. The molecule has 1 aliphatic heterocycles. The van der Waals surface area contributed by atoms with Crippen LogP contribution in [0, 0.1) is 13.8 Å². The average Bonchev–Trinajstić information content (AvgIpc) is 2.71. The fraction of sp³-hybridized carbons (Fsp3) is 0.522. The summed E-state index contributed by atoms with van der Waals surface area (Å²) in [5.41, 5.74) is 4.73. The highest BCUT2D eigenvalue weighted by molar-refractivity contribution is 5.77. The van der Waals surface area contributed by atoms with E-state index in [1.54, 1.807) is 7.11 Å². The van der Waals surface area contributed by atoms with Crippen molar-refractivity contribution in [3.63, 3.8) is 0 Å². The van der Waals surface area contributed by atoms with E-state index in [2.05, 4.69) is 56.9 Å². The lowest BCUT2D eigenvalue weighted by molar-refractivity contribution is -0.135. The second kappa shape index (κ2) is 9.35. The van der Waals surface area contributed by atoms with Gasteiger partial charge in [-0.05, 0) is 19.4 Å². The van der Waals surface area contributed by atoms with E-state index in [0.717, 1.165) is 36.8 Å². The summed E-state index contributed by atoms with van der Waals surface area (Å²) in [7, 11) is 1.56. The van der Waals surface area contributed by atoms with Crippen molar-refractivity contribution >= 4 is 11.7 Å². The van der Waals surface area contributed by atoms with Crippen LogP contribution in [0.25, 0.3) is 0 Å². The Morgan fingerprint density at radius 3 is 2.31 bits per heavy atom. The first-order valence-electron chi connectivity index (χ1n) is 10.3. The van der Waals surface area contributed by atoms with Gasteiger partial charge in [-0.15, -0.1) is 0 Å². The van der Waals surface area contributed by atoms with Crippen LogP contribution >= 0.6 is 0 Å². The van der Waals surface area contributed by atoms with Gasteiger partial charge in [0, 0.05) is 56.9 Å². The summed E-state index contributed by atoms with van der Waals surface area (Å²) >= 11 is 0. The normalized spacial score (nSPS) is 14.6. The molecule has 0 radical (unpaired) electrons. The third kappa shape index (κ3) is 5.12. The summed E-state index contributed by atoms with van der Waals surface area (Å²) in [6, 6.07) is 8.65. The lowest BCUT2D eigenvalue weighted by Gasteiger charge is -2.36. The Bertz CT molecular complexity index is 841. The number of benzene rings is 1. The molecule has 0 spiro atoms. The van der Waals surface area contributed by atoms with Gasteiger partial charge in [-0.1, -0.05) is 43.7 Å². The van der Waals surface area contributed by atoms with Crippen molar-refractivity contribution in [3.05, 3.63) is 52.5 Å². The van der Waals surface area contributed by atoms with Crippen molar-refractivity contribution in [3.8, 4) is 0 Å². The van der Waals surface area contributed by atoms with Crippen LogP contribution in [0.2, 0.25) is 0 Å². The molecule has 0 unspecified atom stereocenters. The molecule has 0 bridgehead atoms. The Labute approximate surface area is 173 Å². The Balaban J connectivity index is 1.87. The first-order chi connectivity index (χ1) is 13.9. The van der Waals surface area contributed by atoms with Crippen molar-refractivity contribution < 1.29 is 9.53 Å². The molecule has 1 aromatic heterocycles. The van der Waals surface area contributed by atoms with Gasteiger partial charge in [0.05, 0.1) is 0 Å². The number of methoxy groups -OCH3 is 1. The summed E-state index contributed by atoms with van der Waals surface area (Å²) < 4.78 is 4.99. The maximum absolute atomic E-state index is 12.1. The number of nitrogens with zero attached hydrogens (tertiary/aromatic N) is 4. The number of carbonyl (C=O) groups is 1. The van der Waals surface area contributed by atoms with Gasteiger partial charge in [0.25, 0.3) is 0 Å². The van der Waals surface area contributed by atoms with Crippen molar-refractivity contribution in [1.29, 1.82) is 0 Å². The van der Waals surface area contributed by atoms with Crippen molar-refractivity contribution in [1.82, 2.24) is 14.9 Å². The maximum Gasteiger partial charge on any atom is 0.248 e. The second-order valence-electron chi connectivity index (χ2n) is 8.09. The minimum absolute atomic E-state index is 0.0498. The molecule has 0 saturated carbocycles. The molecule has 6 heteroatoms. The number of carbonyl (C=O) groups excluding carboxylic acids is 1. The van der Waals surface area contributed by atoms with E-state index in [1.165, 1.54) is 16.7 Å². The van der Waals surface area contributed by atoms with E-state index in [9.17, 15) is 4.79 Å². The van der Waals surface area contributed by atoms with E-state index < -0.39 is 0 Å². The van der Waals surface area contributed by atoms with Crippen LogP contribution in [0.1, 0.15) is 48.0 Å². The minimum Gasteiger partial charge on any atom is -0.375 e. The van der Waals surface area contributed by atoms with Gasteiger partial charge in [0.15, 0.2) is 0 Å². The average molecular weight is 397 g/mol. The van der Waals surface area contributed by atoms with Crippen LogP contribution in [0.15, 0.2) is 24.3 Å². The summed E-state index contributed by atoms with van der Waals surface area (Å²) in [6.45, 7) is 11.5. The summed E-state index contributed by atoms with van der Waals surface area (Å²) in [4.78, 5) is 26.1. The van der Waals surface area contributed by atoms with E-state index >= 15 is 0 Å². The van der Waals surface area contributed by atoms with Crippen LogP contribution < -0.4 is 4.90 Å². The number of aryl methyl sites for hydroxylation is 2. The van der Waals surface area contributed by atoms with E-state index in [-0.39, 0.29) is 18.4 Å². The molecular weight excluding hydrogens is 364 g/mol. The Kier molecular flexibility index (Phi) is 6.85. The topological polar surface area (TPSA) is 58.6 Å². The molecule has 0 aliphatic carbocycles. The van der Waals surface area contributed by atoms with E-state index in [4.69, 9.17) is 14.7 Å². The Hall–Kier alpha value is -2.47. The second-order valence-corrected chi connectivity index (χ2v) is 8.09. The molecule has 1 fully saturated rings. The fourth-order valence-electron chi connectivity index (χ4n) is 3.62. The smallest absolute Gasteiger partial charge is 0.248 e. The summed E-state index contributed by atoms with van der Waals surface area (Å²) in [6.07, 6.45) is 0.808. The van der Waals surface area contributed by atoms with Gasteiger partial charge < -0.3 is 14.5 Å². The van der Waals surface area contributed by atoms with Crippen LogP contribution in [0.5, 0.6) is 0 Å². The zero-order valence-corrected chi connectivity index (χ0v) is 18.2. The van der Waals surface area contributed by atoms with E-state index in [1.807, 2.05) is 4.90 Å². The molecule has 0 atom stereocenters. The lowest BCUT2D eigenvalue weighted by Crippen LogP contribution is -2.50. The summed E-state index contributed by atoms with van der Waals surface area (Å²) in [5.74, 6) is 2.21. The number of hydrogen-bond donors (Lipinski definition) is 0. The first kappa shape index (κ1) is 21.2. The molecule has 1 aliphatic rings. The van der Waals surface area contributed by atoms with E-state index in [0.29, 0.717) is 13.1 Å². The largest absolute Gasteiger partial charge is 0.375 e. The predicted octanol–water partition coefficient (Wildman–Crippen LogP) is 3.10. The third-order valence-corrected chi connectivity index (χ3v) is 5.43. The highest BCUT2D eigenvalue weighted by Gasteiger charge is 2.25. The number of hydrogen-bond acceptors (Lipinski definition) is 5. The van der Waals surface area contributed by atoms with Gasteiger partial charge in [-0.25, -0.2) is 9.97 Å². The molecular formula is C23H32N4O2. The van der Waals surface area contributed by atoms with Gasteiger partial charge in [-0.2, -0.15) is 0 Å². The predicted molar refractivity (Wildman–Crippen MR) is 116 cm³/mol. The molecule has 0 N–H and O–H groups in total. The Morgan fingerprint density at radius 2 is 1.72 bits per heavy atom. The molecule has 1 aromatic carbocycles. The number of amides is 1. The molecule has 2 heterocycles. The monoisotopic (exact) mass is 396 g/mol. The van der Waals surface area contributed by atoms with Crippen molar-refractivity contribution in [2.45, 2.75) is 40.0 Å². The van der Waals surface area contributed by atoms with Crippen molar-refractivity contribution in [2.24, 2.45) is 0 Å². The van der Waals surface area contributed by atoms with Crippen LogP contribution in [-0.2, 0) is 16.0 Å². The van der Waals surface area contributed by atoms with Gasteiger partial charge in [0.2, 0.25) is 5.91 Å². The van der Waals surface area contributed by atoms with Crippen molar-refractivity contribution in [2.75, 3.05) is 44.8 Å². The molecule has 29 heavy (non-hydrogen) atoms. The van der Waals surface area contributed by atoms with Crippen LogP contribution in [0.3, 0.4) is 0 Å². The number of anilines is 1. The lowest BCUT2D eigenvalue weighted by atomic mass is 10.0. The molecule has 6 nitrogen and oxygen atoms in total. The maximum atomic E-state index is 12.1.